The average molecular weight is 348 g/mol. The van der Waals surface area contributed by atoms with Crippen molar-refractivity contribution >= 4 is 24.4 Å². The van der Waals surface area contributed by atoms with E-state index < -0.39 is 48.6 Å². The van der Waals surface area contributed by atoms with E-state index in [-0.39, 0.29) is 13.1 Å². The van der Waals surface area contributed by atoms with Gasteiger partial charge in [-0.3, -0.25) is 19.2 Å². The molecule has 1 aliphatic heterocycles. The Morgan fingerprint density at radius 1 is 0.917 bits per heavy atom. The Labute approximate surface area is 138 Å². The van der Waals surface area contributed by atoms with Crippen LogP contribution in [0.4, 0.5) is 0 Å². The van der Waals surface area contributed by atoms with Gasteiger partial charge in [-0.05, 0) is 0 Å². The molecule has 1 fully saturated rings. The SMILES string of the molecule is CO[C@H]1O[C@H](COC=O)[C@@H](OC(C)=O)[C@H](OC(C)=O)[C@H]1OC(C)=O. The van der Waals surface area contributed by atoms with Gasteiger partial charge < -0.3 is 28.4 Å². The molecular formula is C14H20O10. The summed E-state index contributed by atoms with van der Waals surface area (Å²) in [5, 5.41) is 0. The molecule has 0 N–H and O–H groups in total. The Morgan fingerprint density at radius 2 is 1.42 bits per heavy atom. The molecule has 0 aromatic rings. The van der Waals surface area contributed by atoms with Crippen LogP contribution in [-0.4, -0.2) is 68.8 Å². The molecule has 0 saturated carbocycles. The lowest BCUT2D eigenvalue weighted by Crippen LogP contribution is -2.62. The van der Waals surface area contributed by atoms with Gasteiger partial charge >= 0.3 is 17.9 Å². The Kier molecular flexibility index (Phi) is 7.59. The van der Waals surface area contributed by atoms with Crippen molar-refractivity contribution in [2.24, 2.45) is 0 Å². The van der Waals surface area contributed by atoms with Crippen molar-refractivity contribution in [3.8, 4) is 0 Å². The molecule has 1 aliphatic rings. The zero-order valence-electron chi connectivity index (χ0n) is 13.8. The molecule has 136 valence electrons. The number of carbonyl (C=O) groups is 4. The maximum Gasteiger partial charge on any atom is 0.303 e. The fraction of sp³-hybridized carbons (Fsp3) is 0.714. The maximum absolute atomic E-state index is 11.4. The van der Waals surface area contributed by atoms with Gasteiger partial charge in [-0.25, -0.2) is 0 Å². The van der Waals surface area contributed by atoms with Crippen molar-refractivity contribution in [3.63, 3.8) is 0 Å². The summed E-state index contributed by atoms with van der Waals surface area (Å²) in [7, 11) is 1.29. The summed E-state index contributed by atoms with van der Waals surface area (Å²) in [4.78, 5) is 44.6. The lowest BCUT2D eigenvalue weighted by atomic mass is 9.98. The number of methoxy groups -OCH3 is 1. The second-order valence-corrected chi connectivity index (χ2v) is 4.93. The van der Waals surface area contributed by atoms with Crippen LogP contribution in [0.5, 0.6) is 0 Å². The van der Waals surface area contributed by atoms with E-state index in [1.165, 1.54) is 7.11 Å². The fourth-order valence-corrected chi connectivity index (χ4v) is 2.31. The average Bonchev–Trinajstić information content (AvgIpc) is 2.48. The Balaban J connectivity index is 3.17. The first-order chi connectivity index (χ1) is 11.3. The highest BCUT2D eigenvalue weighted by Crippen LogP contribution is 2.29. The third kappa shape index (κ3) is 5.46. The van der Waals surface area contributed by atoms with E-state index >= 15 is 0 Å². The number of hydrogen-bond donors (Lipinski definition) is 0. The standard InChI is InChI=1S/C14H20O10/c1-7(16)21-11-10(5-20-6-15)24-14(19-4)13(23-9(3)18)12(11)22-8(2)17/h6,10-14H,5H2,1-4H3/t10-,11-,12+,13-,14+/m1/s1. The van der Waals surface area contributed by atoms with E-state index in [0.29, 0.717) is 0 Å². The van der Waals surface area contributed by atoms with Gasteiger partial charge in [-0.2, -0.15) is 0 Å². The van der Waals surface area contributed by atoms with Crippen LogP contribution in [0.1, 0.15) is 20.8 Å². The number of rotatable bonds is 7. The molecular weight excluding hydrogens is 328 g/mol. The zero-order valence-corrected chi connectivity index (χ0v) is 13.8. The molecule has 1 saturated heterocycles. The molecule has 10 heteroatoms. The van der Waals surface area contributed by atoms with E-state index in [1.807, 2.05) is 0 Å². The molecule has 0 bridgehead atoms. The molecule has 0 radical (unpaired) electrons. The summed E-state index contributed by atoms with van der Waals surface area (Å²) in [6.07, 6.45) is -5.64. The van der Waals surface area contributed by atoms with Crippen LogP contribution in [0.15, 0.2) is 0 Å². The van der Waals surface area contributed by atoms with Crippen LogP contribution < -0.4 is 0 Å². The monoisotopic (exact) mass is 348 g/mol. The van der Waals surface area contributed by atoms with Crippen LogP contribution in [0.2, 0.25) is 0 Å². The van der Waals surface area contributed by atoms with Crippen molar-refractivity contribution in [1.82, 2.24) is 0 Å². The number of ether oxygens (including phenoxy) is 6. The van der Waals surface area contributed by atoms with Crippen LogP contribution in [0.25, 0.3) is 0 Å². The van der Waals surface area contributed by atoms with Gasteiger partial charge in [-0.15, -0.1) is 0 Å². The third-order valence-corrected chi connectivity index (χ3v) is 3.06. The summed E-state index contributed by atoms with van der Waals surface area (Å²) in [6, 6.07) is 0. The van der Waals surface area contributed by atoms with Gasteiger partial charge in [0.25, 0.3) is 6.47 Å². The first-order valence-electron chi connectivity index (χ1n) is 7.05. The van der Waals surface area contributed by atoms with Crippen molar-refractivity contribution in [2.75, 3.05) is 13.7 Å². The Hall–Kier alpha value is -2.20. The van der Waals surface area contributed by atoms with Gasteiger partial charge in [0.1, 0.15) is 12.7 Å². The number of hydrogen-bond acceptors (Lipinski definition) is 10. The minimum Gasteiger partial charge on any atom is -0.465 e. The molecule has 0 aliphatic carbocycles. The van der Waals surface area contributed by atoms with E-state index in [0.717, 1.165) is 20.8 Å². The predicted molar refractivity (Wildman–Crippen MR) is 74.3 cm³/mol. The summed E-state index contributed by atoms with van der Waals surface area (Å²) in [5.41, 5.74) is 0. The van der Waals surface area contributed by atoms with E-state index in [2.05, 4.69) is 4.74 Å². The van der Waals surface area contributed by atoms with Crippen LogP contribution >= 0.6 is 0 Å². The molecule has 0 amide bonds. The van der Waals surface area contributed by atoms with Gasteiger partial charge in [0.2, 0.25) is 0 Å². The Morgan fingerprint density at radius 3 is 1.88 bits per heavy atom. The molecule has 0 unspecified atom stereocenters. The smallest absolute Gasteiger partial charge is 0.303 e. The van der Waals surface area contributed by atoms with Crippen molar-refractivity contribution < 1.29 is 47.6 Å². The zero-order chi connectivity index (χ0) is 18.3. The minimum absolute atomic E-state index is 0.189. The van der Waals surface area contributed by atoms with Crippen molar-refractivity contribution in [1.29, 1.82) is 0 Å². The van der Waals surface area contributed by atoms with Crippen LogP contribution in [0, 0.1) is 0 Å². The highest BCUT2D eigenvalue weighted by atomic mass is 16.7. The normalized spacial score (nSPS) is 29.2. The topological polar surface area (TPSA) is 124 Å². The van der Waals surface area contributed by atoms with E-state index in [9.17, 15) is 19.2 Å². The predicted octanol–water partition coefficient (Wildman–Crippen LogP) is -0.674. The summed E-state index contributed by atoms with van der Waals surface area (Å²) in [5.74, 6) is -2.05. The van der Waals surface area contributed by atoms with Gasteiger partial charge in [0.05, 0.1) is 0 Å². The highest BCUT2D eigenvalue weighted by Gasteiger charge is 2.52. The lowest BCUT2D eigenvalue weighted by molar-refractivity contribution is -0.302. The van der Waals surface area contributed by atoms with Crippen LogP contribution in [0.3, 0.4) is 0 Å². The molecule has 0 spiro atoms. The first-order valence-corrected chi connectivity index (χ1v) is 7.05. The molecule has 0 aromatic heterocycles. The maximum atomic E-state index is 11.4. The quantitative estimate of drug-likeness (QED) is 0.332. The van der Waals surface area contributed by atoms with Crippen LogP contribution in [-0.2, 0) is 47.6 Å². The van der Waals surface area contributed by atoms with E-state index in [4.69, 9.17) is 23.7 Å². The minimum atomic E-state index is -1.20. The lowest BCUT2D eigenvalue weighted by Gasteiger charge is -2.43. The molecule has 24 heavy (non-hydrogen) atoms. The fourth-order valence-electron chi connectivity index (χ4n) is 2.31. The molecule has 5 atom stereocenters. The highest BCUT2D eigenvalue weighted by molar-refractivity contribution is 5.68. The second kappa shape index (κ2) is 9.18. The molecule has 1 rings (SSSR count). The number of esters is 3. The Bertz CT molecular complexity index is 476. The van der Waals surface area contributed by atoms with Gasteiger partial charge in [-0.1, -0.05) is 0 Å². The first kappa shape index (κ1) is 19.8. The largest absolute Gasteiger partial charge is 0.465 e. The molecule has 1 heterocycles. The second-order valence-electron chi connectivity index (χ2n) is 4.93. The van der Waals surface area contributed by atoms with Gasteiger partial charge in [0, 0.05) is 27.9 Å². The van der Waals surface area contributed by atoms with E-state index in [1.54, 1.807) is 0 Å². The summed E-state index contributed by atoms with van der Waals surface area (Å²) < 4.78 is 30.7. The molecule has 0 aromatic carbocycles. The van der Waals surface area contributed by atoms with Gasteiger partial charge in [0.15, 0.2) is 24.6 Å². The van der Waals surface area contributed by atoms with Crippen molar-refractivity contribution in [3.05, 3.63) is 0 Å². The summed E-state index contributed by atoms with van der Waals surface area (Å²) >= 11 is 0. The van der Waals surface area contributed by atoms with Crippen molar-refractivity contribution in [2.45, 2.75) is 51.5 Å². The third-order valence-electron chi connectivity index (χ3n) is 3.06. The molecule has 10 nitrogen and oxygen atoms in total. The summed E-state index contributed by atoms with van der Waals surface area (Å²) in [6.45, 7) is 3.34. The number of carbonyl (C=O) groups excluding carboxylic acids is 4.